The molecule has 1 aromatic rings. The van der Waals surface area contributed by atoms with Crippen molar-refractivity contribution in [2.45, 2.75) is 19.8 Å². The van der Waals surface area contributed by atoms with Gasteiger partial charge in [0, 0.05) is 19.6 Å². The summed E-state index contributed by atoms with van der Waals surface area (Å²) in [7, 11) is -3.10. The summed E-state index contributed by atoms with van der Waals surface area (Å²) in [5.74, 6) is 0.699. The van der Waals surface area contributed by atoms with Crippen molar-refractivity contribution in [1.82, 2.24) is 10.2 Å². The lowest BCUT2D eigenvalue weighted by molar-refractivity contribution is -0.122. The summed E-state index contributed by atoms with van der Waals surface area (Å²) in [5.41, 5.74) is 0. The molecule has 1 fully saturated rings. The molecule has 1 aromatic carbocycles. The SMILES string of the molecule is CC1CCN(CC(=O)NC/C=C/S(C)(=O)=O)CC1.[HH].c1ccccc1. The normalized spacial score (nSPS) is 16.4. The molecule has 1 heterocycles. The van der Waals surface area contributed by atoms with Gasteiger partial charge in [-0.3, -0.25) is 9.69 Å². The molecule has 0 spiro atoms. The summed E-state index contributed by atoms with van der Waals surface area (Å²) in [4.78, 5) is 13.7. The van der Waals surface area contributed by atoms with E-state index in [4.69, 9.17) is 0 Å². The average molecular weight is 355 g/mol. The summed E-state index contributed by atoms with van der Waals surface area (Å²) in [6, 6.07) is 12.0. The Morgan fingerprint density at radius 1 is 1.17 bits per heavy atom. The number of carbonyl (C=O) groups excluding carboxylic acids is 1. The first kappa shape index (κ1) is 20.4. The van der Waals surface area contributed by atoms with Gasteiger partial charge in [-0.1, -0.05) is 49.4 Å². The number of nitrogens with zero attached hydrogens (tertiary/aromatic N) is 1. The fourth-order valence-corrected chi connectivity index (χ4v) is 2.71. The third kappa shape index (κ3) is 11.0. The Labute approximate surface area is 147 Å². The Hall–Kier alpha value is -1.66. The lowest BCUT2D eigenvalue weighted by Gasteiger charge is -2.29. The highest BCUT2D eigenvalue weighted by molar-refractivity contribution is 7.93. The summed E-state index contributed by atoms with van der Waals surface area (Å²) in [6.07, 6.45) is 4.86. The maximum atomic E-state index is 11.6. The van der Waals surface area contributed by atoms with Gasteiger partial charge in [0.25, 0.3) is 0 Å². The fraction of sp³-hybridized carbons (Fsp3) is 0.500. The van der Waals surface area contributed by atoms with E-state index < -0.39 is 9.84 Å². The Morgan fingerprint density at radius 2 is 1.67 bits per heavy atom. The van der Waals surface area contributed by atoms with Crippen molar-refractivity contribution in [1.29, 1.82) is 0 Å². The van der Waals surface area contributed by atoms with Gasteiger partial charge in [0.2, 0.25) is 5.91 Å². The molecule has 1 N–H and O–H groups in total. The van der Waals surface area contributed by atoms with E-state index in [-0.39, 0.29) is 13.9 Å². The van der Waals surface area contributed by atoms with Crippen LogP contribution < -0.4 is 5.32 Å². The monoisotopic (exact) mass is 354 g/mol. The topological polar surface area (TPSA) is 66.5 Å². The van der Waals surface area contributed by atoms with Crippen molar-refractivity contribution in [2.24, 2.45) is 5.92 Å². The number of amides is 1. The number of sulfone groups is 1. The van der Waals surface area contributed by atoms with E-state index in [1.165, 1.54) is 6.08 Å². The van der Waals surface area contributed by atoms with Crippen LogP contribution in [-0.2, 0) is 14.6 Å². The van der Waals surface area contributed by atoms with E-state index in [9.17, 15) is 13.2 Å². The maximum absolute atomic E-state index is 11.6. The van der Waals surface area contributed by atoms with Gasteiger partial charge in [-0.25, -0.2) is 8.42 Å². The smallest absolute Gasteiger partial charge is 0.234 e. The molecule has 0 aliphatic carbocycles. The van der Waals surface area contributed by atoms with Crippen molar-refractivity contribution in [2.75, 3.05) is 32.4 Å². The second-order valence-corrected chi connectivity index (χ2v) is 8.05. The molecule has 24 heavy (non-hydrogen) atoms. The summed E-state index contributed by atoms with van der Waals surface area (Å²) in [5, 5.41) is 3.79. The zero-order chi connectivity index (χ0) is 17.8. The van der Waals surface area contributed by atoms with Crippen molar-refractivity contribution < 1.29 is 14.6 Å². The average Bonchev–Trinajstić information content (AvgIpc) is 2.55. The van der Waals surface area contributed by atoms with Crippen molar-refractivity contribution >= 4 is 15.7 Å². The molecule has 5 nitrogen and oxygen atoms in total. The van der Waals surface area contributed by atoms with Crippen LogP contribution in [0.4, 0.5) is 0 Å². The Bertz CT molecular complexity index is 571. The number of piperidine rings is 1. The molecule has 0 radical (unpaired) electrons. The molecular formula is C18H30N2O3S. The molecular weight excluding hydrogens is 324 g/mol. The third-order valence-corrected chi connectivity index (χ3v) is 4.36. The van der Waals surface area contributed by atoms with Crippen LogP contribution in [0.2, 0.25) is 0 Å². The first-order chi connectivity index (χ1) is 11.4. The maximum Gasteiger partial charge on any atom is 0.234 e. The van der Waals surface area contributed by atoms with E-state index >= 15 is 0 Å². The highest BCUT2D eigenvalue weighted by Crippen LogP contribution is 2.15. The third-order valence-electron chi connectivity index (χ3n) is 3.67. The minimum Gasteiger partial charge on any atom is -0.351 e. The highest BCUT2D eigenvalue weighted by Gasteiger charge is 2.17. The Balaban J connectivity index is 0.000000693. The summed E-state index contributed by atoms with van der Waals surface area (Å²) >= 11 is 0. The number of likely N-dealkylation sites (tertiary alicyclic amines) is 1. The molecule has 0 aromatic heterocycles. The number of rotatable bonds is 5. The van der Waals surface area contributed by atoms with Crippen LogP contribution in [0.25, 0.3) is 0 Å². The van der Waals surface area contributed by atoms with Gasteiger partial charge in [-0.15, -0.1) is 0 Å². The molecule has 0 saturated carbocycles. The quantitative estimate of drug-likeness (QED) is 0.881. The van der Waals surface area contributed by atoms with Crippen LogP contribution in [-0.4, -0.2) is 51.7 Å². The highest BCUT2D eigenvalue weighted by atomic mass is 32.2. The second kappa shape index (κ2) is 11.0. The van der Waals surface area contributed by atoms with E-state index in [2.05, 4.69) is 17.1 Å². The van der Waals surface area contributed by atoms with Crippen LogP contribution in [0.15, 0.2) is 47.9 Å². The van der Waals surface area contributed by atoms with Crippen LogP contribution in [0.5, 0.6) is 0 Å². The lowest BCUT2D eigenvalue weighted by atomic mass is 9.99. The Kier molecular flexibility index (Phi) is 9.34. The zero-order valence-electron chi connectivity index (χ0n) is 14.5. The predicted octanol–water partition coefficient (Wildman–Crippen LogP) is 2.33. The summed E-state index contributed by atoms with van der Waals surface area (Å²) in [6.45, 7) is 4.82. The molecule has 0 atom stereocenters. The standard InChI is InChI=1S/C12H22N2O3S.C6H6.H2/c1-11-4-7-14(8-5-11)10-12(15)13-6-3-9-18(2,16)17;1-2-4-6-5-3-1;/h3,9,11H,4-8,10H2,1-2H3,(H,13,15);1-6H;1H/b9-3+;;. The molecule has 2 rings (SSSR count). The lowest BCUT2D eigenvalue weighted by Crippen LogP contribution is -2.41. The number of carbonyl (C=O) groups is 1. The van der Waals surface area contributed by atoms with E-state index in [0.717, 1.165) is 43.5 Å². The molecule has 1 aliphatic heterocycles. The summed E-state index contributed by atoms with van der Waals surface area (Å²) < 4.78 is 21.6. The van der Waals surface area contributed by atoms with Crippen LogP contribution in [0.1, 0.15) is 21.2 Å². The molecule has 0 bridgehead atoms. The molecule has 136 valence electrons. The van der Waals surface area contributed by atoms with Crippen LogP contribution in [0.3, 0.4) is 0 Å². The number of hydrogen-bond donors (Lipinski definition) is 1. The van der Waals surface area contributed by atoms with E-state index in [1.54, 1.807) is 0 Å². The molecule has 1 aliphatic rings. The molecule has 0 unspecified atom stereocenters. The largest absolute Gasteiger partial charge is 0.351 e. The molecule has 1 saturated heterocycles. The minimum absolute atomic E-state index is 0. The van der Waals surface area contributed by atoms with E-state index in [1.807, 2.05) is 36.4 Å². The van der Waals surface area contributed by atoms with Gasteiger partial charge in [-0.05, 0) is 31.8 Å². The van der Waals surface area contributed by atoms with Gasteiger partial charge in [0.1, 0.15) is 0 Å². The predicted molar refractivity (Wildman–Crippen MR) is 100 cm³/mol. The zero-order valence-corrected chi connectivity index (χ0v) is 15.3. The second-order valence-electron chi connectivity index (χ2n) is 6.12. The van der Waals surface area contributed by atoms with Gasteiger partial charge >= 0.3 is 0 Å². The van der Waals surface area contributed by atoms with Crippen molar-refractivity contribution in [3.05, 3.63) is 47.9 Å². The molecule has 1 amide bonds. The van der Waals surface area contributed by atoms with Crippen molar-refractivity contribution in [3.8, 4) is 0 Å². The number of nitrogens with one attached hydrogen (secondary N) is 1. The van der Waals surface area contributed by atoms with Gasteiger partial charge < -0.3 is 5.32 Å². The number of hydrogen-bond acceptors (Lipinski definition) is 4. The van der Waals surface area contributed by atoms with Crippen LogP contribution >= 0.6 is 0 Å². The van der Waals surface area contributed by atoms with E-state index in [0.29, 0.717) is 6.54 Å². The Morgan fingerprint density at radius 3 is 2.12 bits per heavy atom. The first-order valence-corrected chi connectivity index (χ1v) is 10.2. The van der Waals surface area contributed by atoms with Crippen molar-refractivity contribution in [3.63, 3.8) is 0 Å². The van der Waals surface area contributed by atoms with Gasteiger partial charge in [0.05, 0.1) is 6.54 Å². The van der Waals surface area contributed by atoms with Gasteiger partial charge in [0.15, 0.2) is 9.84 Å². The first-order valence-electron chi connectivity index (χ1n) is 8.22. The van der Waals surface area contributed by atoms with Crippen LogP contribution in [0, 0.1) is 5.92 Å². The van der Waals surface area contributed by atoms with Gasteiger partial charge in [-0.2, -0.15) is 0 Å². The fourth-order valence-electron chi connectivity index (χ4n) is 2.26. The molecule has 6 heteroatoms. The number of benzene rings is 1. The minimum atomic E-state index is -3.10.